The van der Waals surface area contributed by atoms with Crippen LogP contribution in [-0.4, -0.2) is 26.7 Å². The number of sulfonamides is 1. The molecular weight excluding hydrogens is 374 g/mol. The lowest BCUT2D eigenvalue weighted by molar-refractivity contribution is -0.121. The third-order valence-corrected chi connectivity index (χ3v) is 6.00. The molecule has 0 saturated carbocycles. The molecule has 28 heavy (non-hydrogen) atoms. The highest BCUT2D eigenvalue weighted by Crippen LogP contribution is 2.22. The van der Waals surface area contributed by atoms with E-state index in [1.54, 1.807) is 24.3 Å². The van der Waals surface area contributed by atoms with Gasteiger partial charge in [0.25, 0.3) is 10.0 Å². The van der Waals surface area contributed by atoms with E-state index >= 15 is 0 Å². The lowest BCUT2D eigenvalue weighted by Gasteiger charge is -2.06. The maximum absolute atomic E-state index is 12.0. The molecule has 0 atom stereocenters. The molecule has 148 valence electrons. The van der Waals surface area contributed by atoms with Gasteiger partial charge in [0, 0.05) is 25.1 Å². The molecule has 0 saturated heterocycles. The molecule has 0 aliphatic carbocycles. The summed E-state index contributed by atoms with van der Waals surface area (Å²) in [6.45, 7) is 3.11. The molecule has 0 radical (unpaired) electrons. The first-order chi connectivity index (χ1) is 13.5. The van der Waals surface area contributed by atoms with Crippen molar-refractivity contribution in [2.75, 3.05) is 6.54 Å². The average Bonchev–Trinajstić information content (AvgIpc) is 2.95. The van der Waals surface area contributed by atoms with E-state index in [1.807, 2.05) is 31.2 Å². The SMILES string of the molecule is Cc1ccc(CNC(=O)CCCCCN=C2NS(=O)(=O)c3ccccc32)cc1. The summed E-state index contributed by atoms with van der Waals surface area (Å²) in [6.07, 6.45) is 2.94. The number of nitrogens with one attached hydrogen (secondary N) is 2. The van der Waals surface area contributed by atoms with Gasteiger partial charge in [-0.3, -0.25) is 14.5 Å². The third kappa shape index (κ3) is 5.19. The highest BCUT2D eigenvalue weighted by molar-refractivity contribution is 7.90. The van der Waals surface area contributed by atoms with E-state index in [1.165, 1.54) is 5.56 Å². The second-order valence-corrected chi connectivity index (χ2v) is 8.56. The number of amidine groups is 1. The molecule has 2 aromatic rings. The topological polar surface area (TPSA) is 87.6 Å². The van der Waals surface area contributed by atoms with Crippen LogP contribution in [0.5, 0.6) is 0 Å². The van der Waals surface area contributed by atoms with Gasteiger partial charge < -0.3 is 5.32 Å². The maximum Gasteiger partial charge on any atom is 0.263 e. The molecule has 0 bridgehead atoms. The minimum atomic E-state index is -3.48. The van der Waals surface area contributed by atoms with Gasteiger partial charge in [-0.05, 0) is 37.5 Å². The number of aryl methyl sites for hydroxylation is 1. The lowest BCUT2D eigenvalue weighted by Crippen LogP contribution is -2.22. The molecule has 1 aliphatic heterocycles. The van der Waals surface area contributed by atoms with Crippen molar-refractivity contribution in [3.8, 4) is 0 Å². The van der Waals surface area contributed by atoms with Gasteiger partial charge in [-0.15, -0.1) is 0 Å². The van der Waals surface area contributed by atoms with Crippen LogP contribution in [-0.2, 0) is 21.4 Å². The molecule has 0 aromatic heterocycles. The monoisotopic (exact) mass is 399 g/mol. The minimum absolute atomic E-state index is 0.0457. The normalized spacial score (nSPS) is 15.8. The number of hydrogen-bond acceptors (Lipinski definition) is 4. The van der Waals surface area contributed by atoms with E-state index in [4.69, 9.17) is 0 Å². The van der Waals surface area contributed by atoms with Gasteiger partial charge in [-0.25, -0.2) is 8.42 Å². The van der Waals surface area contributed by atoms with Crippen molar-refractivity contribution in [2.24, 2.45) is 4.99 Å². The number of carbonyl (C=O) groups is 1. The number of nitrogens with zero attached hydrogens (tertiary/aromatic N) is 1. The molecule has 7 heteroatoms. The fraction of sp³-hybridized carbons (Fsp3) is 0.333. The summed E-state index contributed by atoms with van der Waals surface area (Å²) in [5, 5.41) is 2.93. The third-order valence-electron chi connectivity index (χ3n) is 4.60. The summed E-state index contributed by atoms with van der Waals surface area (Å²) in [4.78, 5) is 16.6. The first kappa shape index (κ1) is 20.1. The molecular formula is C21H25N3O3S. The van der Waals surface area contributed by atoms with Crippen LogP contribution >= 0.6 is 0 Å². The van der Waals surface area contributed by atoms with Gasteiger partial charge in [-0.2, -0.15) is 0 Å². The fourth-order valence-electron chi connectivity index (χ4n) is 3.01. The van der Waals surface area contributed by atoms with Gasteiger partial charge in [0.1, 0.15) is 5.84 Å². The van der Waals surface area contributed by atoms with E-state index in [0.717, 1.165) is 24.8 Å². The van der Waals surface area contributed by atoms with Crippen LogP contribution in [0.1, 0.15) is 42.4 Å². The zero-order valence-corrected chi connectivity index (χ0v) is 16.8. The van der Waals surface area contributed by atoms with Crippen molar-refractivity contribution in [2.45, 2.75) is 44.0 Å². The molecule has 2 aromatic carbocycles. The Kier molecular flexibility index (Phi) is 6.46. The molecule has 1 heterocycles. The van der Waals surface area contributed by atoms with Crippen molar-refractivity contribution >= 4 is 21.8 Å². The van der Waals surface area contributed by atoms with Gasteiger partial charge in [0.2, 0.25) is 5.91 Å². The van der Waals surface area contributed by atoms with Gasteiger partial charge in [-0.1, -0.05) is 48.4 Å². The van der Waals surface area contributed by atoms with Crippen molar-refractivity contribution in [1.82, 2.24) is 10.0 Å². The number of rotatable bonds is 8. The standard InChI is InChI=1S/C21H25N3O3S/c1-16-10-12-17(13-11-16)15-23-20(25)9-3-2-6-14-22-21-18-7-4-5-8-19(18)28(26,27)24-21/h4-5,7-8,10-13H,2-3,6,9,14-15H2,1H3,(H,22,24)(H,23,25). The van der Waals surface area contributed by atoms with Gasteiger partial charge in [0.05, 0.1) is 4.90 Å². The molecule has 2 N–H and O–H groups in total. The molecule has 0 unspecified atom stereocenters. The summed E-state index contributed by atoms with van der Waals surface area (Å²) in [6, 6.07) is 14.9. The number of hydrogen-bond donors (Lipinski definition) is 2. The fourth-order valence-corrected chi connectivity index (χ4v) is 4.26. The average molecular weight is 400 g/mol. The predicted octanol–water partition coefficient (Wildman–Crippen LogP) is 2.91. The number of carbonyl (C=O) groups excluding carboxylic acids is 1. The number of unbranched alkanes of at least 4 members (excludes halogenated alkanes) is 2. The van der Waals surface area contributed by atoms with Crippen molar-refractivity contribution < 1.29 is 13.2 Å². The Labute approximate surface area is 166 Å². The van der Waals surface area contributed by atoms with E-state index in [2.05, 4.69) is 15.0 Å². The Morgan fingerprint density at radius 2 is 1.79 bits per heavy atom. The van der Waals surface area contributed by atoms with E-state index < -0.39 is 10.0 Å². The summed E-state index contributed by atoms with van der Waals surface area (Å²) < 4.78 is 26.5. The number of fused-ring (bicyclic) bond motifs is 1. The van der Waals surface area contributed by atoms with Gasteiger partial charge >= 0.3 is 0 Å². The van der Waals surface area contributed by atoms with Crippen LogP contribution in [0, 0.1) is 6.92 Å². The van der Waals surface area contributed by atoms with Crippen LogP contribution in [0.15, 0.2) is 58.4 Å². The zero-order chi connectivity index (χ0) is 20.0. The van der Waals surface area contributed by atoms with Crippen LogP contribution in [0.3, 0.4) is 0 Å². The number of benzene rings is 2. The Hall–Kier alpha value is -2.67. The lowest BCUT2D eigenvalue weighted by atomic mass is 10.1. The molecule has 3 rings (SSSR count). The minimum Gasteiger partial charge on any atom is -0.352 e. The first-order valence-electron chi connectivity index (χ1n) is 9.44. The number of amides is 1. The molecule has 0 spiro atoms. The Morgan fingerprint density at radius 3 is 2.57 bits per heavy atom. The van der Waals surface area contributed by atoms with Crippen LogP contribution < -0.4 is 10.0 Å². The molecule has 1 aliphatic rings. The van der Waals surface area contributed by atoms with Crippen LogP contribution in [0.2, 0.25) is 0 Å². The number of aliphatic imine (C=N–C) groups is 1. The van der Waals surface area contributed by atoms with Gasteiger partial charge in [0.15, 0.2) is 0 Å². The molecule has 6 nitrogen and oxygen atoms in total. The highest BCUT2D eigenvalue weighted by Gasteiger charge is 2.29. The maximum atomic E-state index is 12.0. The quantitative estimate of drug-likeness (QED) is 0.669. The molecule has 0 fully saturated rings. The Bertz CT molecular complexity index is 967. The second-order valence-electron chi connectivity index (χ2n) is 6.90. The first-order valence-corrected chi connectivity index (χ1v) is 10.9. The summed E-state index contributed by atoms with van der Waals surface area (Å²) in [7, 11) is -3.48. The zero-order valence-electron chi connectivity index (χ0n) is 15.9. The highest BCUT2D eigenvalue weighted by atomic mass is 32.2. The Balaban J connectivity index is 1.36. The van der Waals surface area contributed by atoms with E-state index in [0.29, 0.717) is 30.9 Å². The van der Waals surface area contributed by atoms with E-state index in [9.17, 15) is 13.2 Å². The second kappa shape index (κ2) is 9.01. The molecule has 1 amide bonds. The van der Waals surface area contributed by atoms with Crippen molar-refractivity contribution in [3.05, 3.63) is 65.2 Å². The van der Waals surface area contributed by atoms with E-state index in [-0.39, 0.29) is 10.8 Å². The van der Waals surface area contributed by atoms with Crippen LogP contribution in [0.25, 0.3) is 0 Å². The van der Waals surface area contributed by atoms with Crippen molar-refractivity contribution in [3.63, 3.8) is 0 Å². The van der Waals surface area contributed by atoms with Crippen molar-refractivity contribution in [1.29, 1.82) is 0 Å². The predicted molar refractivity (Wildman–Crippen MR) is 110 cm³/mol. The van der Waals surface area contributed by atoms with Crippen LogP contribution in [0.4, 0.5) is 0 Å². The largest absolute Gasteiger partial charge is 0.352 e. The Morgan fingerprint density at radius 1 is 1.04 bits per heavy atom. The summed E-state index contributed by atoms with van der Waals surface area (Å²) in [5.41, 5.74) is 2.92. The smallest absolute Gasteiger partial charge is 0.263 e. The summed E-state index contributed by atoms with van der Waals surface area (Å²) >= 11 is 0. The summed E-state index contributed by atoms with van der Waals surface area (Å²) in [5.74, 6) is 0.454.